The minimum Gasteiger partial charge on any atom is -0.452 e. The van der Waals surface area contributed by atoms with Crippen LogP contribution >= 0.6 is 0 Å². The molecule has 0 aliphatic carbocycles. The van der Waals surface area contributed by atoms with Crippen LogP contribution in [-0.4, -0.2) is 52.2 Å². The number of ether oxygens (including phenoxy) is 2. The molecular formula is C20H18F2N2O7S. The largest absolute Gasteiger partial charge is 0.452 e. The number of halogens is 2. The summed E-state index contributed by atoms with van der Waals surface area (Å²) in [4.78, 5) is 36.2. The third-order valence-electron chi connectivity index (χ3n) is 4.50. The molecule has 9 nitrogen and oxygen atoms in total. The van der Waals surface area contributed by atoms with Crippen LogP contribution in [0, 0.1) is 0 Å². The van der Waals surface area contributed by atoms with E-state index in [1.54, 1.807) is 0 Å². The number of nitrogens with zero attached hydrogens (tertiary/aromatic N) is 1. The van der Waals surface area contributed by atoms with Crippen LogP contribution in [0.2, 0.25) is 0 Å². The zero-order valence-corrected chi connectivity index (χ0v) is 17.5. The number of anilines is 1. The number of carbonyl (C=O) groups excluding carboxylic acids is 3. The first-order chi connectivity index (χ1) is 15.0. The Morgan fingerprint density at radius 1 is 1.09 bits per heavy atom. The van der Waals surface area contributed by atoms with Gasteiger partial charge in [0, 0.05) is 12.1 Å². The van der Waals surface area contributed by atoms with Crippen LogP contribution in [0.5, 0.6) is 5.75 Å². The van der Waals surface area contributed by atoms with Crippen LogP contribution in [-0.2, 0) is 26.0 Å². The summed E-state index contributed by atoms with van der Waals surface area (Å²) in [5.41, 5.74) is 1.29. The Bertz CT molecular complexity index is 1150. The molecule has 1 aliphatic heterocycles. The van der Waals surface area contributed by atoms with E-state index in [0.717, 1.165) is 18.4 Å². The molecule has 1 N–H and O–H groups in total. The van der Waals surface area contributed by atoms with Crippen LogP contribution in [0.15, 0.2) is 42.5 Å². The van der Waals surface area contributed by atoms with Crippen LogP contribution < -0.4 is 14.4 Å². The van der Waals surface area contributed by atoms with Gasteiger partial charge in [-0.15, -0.1) is 0 Å². The number of rotatable bonds is 7. The van der Waals surface area contributed by atoms with Crippen molar-refractivity contribution in [2.75, 3.05) is 23.7 Å². The molecule has 0 saturated heterocycles. The molecule has 0 saturated carbocycles. The summed E-state index contributed by atoms with van der Waals surface area (Å²) in [6.07, 6.45) is 1.52. The zero-order valence-electron chi connectivity index (χ0n) is 16.7. The van der Waals surface area contributed by atoms with Gasteiger partial charge in [0.2, 0.25) is 10.0 Å². The van der Waals surface area contributed by atoms with Gasteiger partial charge < -0.3 is 9.47 Å². The van der Waals surface area contributed by atoms with Gasteiger partial charge >= 0.3 is 12.6 Å². The summed E-state index contributed by atoms with van der Waals surface area (Å²) >= 11 is 0. The molecule has 0 aromatic heterocycles. The van der Waals surface area contributed by atoms with E-state index in [-0.39, 0.29) is 23.4 Å². The summed E-state index contributed by atoms with van der Waals surface area (Å²) in [5, 5.41) is 2.01. The van der Waals surface area contributed by atoms with Gasteiger partial charge in [-0.3, -0.25) is 19.2 Å². The van der Waals surface area contributed by atoms with E-state index in [9.17, 15) is 31.6 Å². The molecular weight excluding hydrogens is 450 g/mol. The number of amides is 2. The normalized spacial score (nSPS) is 12.9. The van der Waals surface area contributed by atoms with Crippen molar-refractivity contribution >= 4 is 33.5 Å². The first kappa shape index (κ1) is 23.1. The van der Waals surface area contributed by atoms with Gasteiger partial charge in [0.25, 0.3) is 11.8 Å². The first-order valence-corrected chi connectivity index (χ1v) is 11.1. The molecule has 2 amide bonds. The third kappa shape index (κ3) is 5.58. The quantitative estimate of drug-likeness (QED) is 0.615. The average Bonchev–Trinajstić information content (AvgIpc) is 3.15. The fraction of sp³-hybridized carbons (Fsp3) is 0.250. The standard InChI is InChI=1S/C20H18F2N2O7S/c1-32(28,29)24-9-8-13-10-14(4-7-16(13)24)19(27)30-11-17(25)23-18(26)12-2-5-15(6-3-12)31-20(21)22/h2-7,10,20H,8-9,11H2,1H3,(H,23,25,26). The van der Waals surface area contributed by atoms with Gasteiger partial charge in [0.15, 0.2) is 6.61 Å². The number of carbonyl (C=O) groups is 3. The second kappa shape index (κ2) is 9.30. The molecule has 1 heterocycles. The van der Waals surface area contributed by atoms with Crippen molar-refractivity contribution in [3.05, 3.63) is 59.2 Å². The molecule has 1 aliphatic rings. The highest BCUT2D eigenvalue weighted by molar-refractivity contribution is 7.92. The van der Waals surface area contributed by atoms with E-state index < -0.39 is 41.0 Å². The number of nitrogens with one attached hydrogen (secondary N) is 1. The lowest BCUT2D eigenvalue weighted by Gasteiger charge is -2.16. The van der Waals surface area contributed by atoms with E-state index in [0.29, 0.717) is 17.7 Å². The number of benzene rings is 2. The SMILES string of the molecule is CS(=O)(=O)N1CCc2cc(C(=O)OCC(=O)NC(=O)c3ccc(OC(F)F)cc3)ccc21. The Morgan fingerprint density at radius 3 is 2.38 bits per heavy atom. The molecule has 170 valence electrons. The number of alkyl halides is 2. The van der Waals surface area contributed by atoms with Crippen molar-refractivity contribution in [1.82, 2.24) is 5.32 Å². The maximum atomic E-state index is 12.2. The highest BCUT2D eigenvalue weighted by Gasteiger charge is 2.27. The van der Waals surface area contributed by atoms with Crippen molar-refractivity contribution in [3.8, 4) is 5.75 Å². The highest BCUT2D eigenvalue weighted by Crippen LogP contribution is 2.30. The van der Waals surface area contributed by atoms with E-state index in [1.165, 1.54) is 34.6 Å². The Hall–Kier alpha value is -3.54. The van der Waals surface area contributed by atoms with Gasteiger partial charge in [-0.25, -0.2) is 13.2 Å². The number of esters is 1. The molecule has 2 aromatic rings. The second-order valence-corrected chi connectivity index (χ2v) is 8.69. The Labute approximate surface area is 182 Å². The molecule has 0 bridgehead atoms. The first-order valence-electron chi connectivity index (χ1n) is 9.21. The third-order valence-corrected chi connectivity index (χ3v) is 5.68. The summed E-state index contributed by atoms with van der Waals surface area (Å²) in [6.45, 7) is -3.47. The fourth-order valence-corrected chi connectivity index (χ4v) is 4.04. The number of hydrogen-bond acceptors (Lipinski definition) is 7. The predicted octanol–water partition coefficient (Wildman–Crippen LogP) is 1.72. The maximum Gasteiger partial charge on any atom is 0.387 e. The monoisotopic (exact) mass is 468 g/mol. The highest BCUT2D eigenvalue weighted by atomic mass is 32.2. The van der Waals surface area contributed by atoms with Gasteiger partial charge in [-0.05, 0) is 54.4 Å². The van der Waals surface area contributed by atoms with Crippen LogP contribution in [0.1, 0.15) is 26.3 Å². The zero-order chi connectivity index (χ0) is 23.5. The van der Waals surface area contributed by atoms with Crippen molar-refractivity contribution in [2.24, 2.45) is 0 Å². The topological polar surface area (TPSA) is 119 Å². The van der Waals surface area contributed by atoms with Crippen LogP contribution in [0.4, 0.5) is 14.5 Å². The Balaban J connectivity index is 1.54. The molecule has 32 heavy (non-hydrogen) atoms. The predicted molar refractivity (Wildman–Crippen MR) is 108 cm³/mol. The van der Waals surface area contributed by atoms with Crippen molar-refractivity contribution < 1.29 is 41.1 Å². The molecule has 3 rings (SSSR count). The Kier molecular flexibility index (Phi) is 6.72. The minimum atomic E-state index is -3.42. The lowest BCUT2D eigenvalue weighted by Crippen LogP contribution is -2.34. The van der Waals surface area contributed by atoms with Crippen LogP contribution in [0.25, 0.3) is 0 Å². The fourth-order valence-electron chi connectivity index (χ4n) is 3.08. The summed E-state index contributed by atoms with van der Waals surface area (Å²) in [6, 6.07) is 9.04. The number of hydrogen-bond donors (Lipinski definition) is 1. The lowest BCUT2D eigenvalue weighted by molar-refractivity contribution is -0.123. The number of fused-ring (bicyclic) bond motifs is 1. The van der Waals surface area contributed by atoms with Crippen LogP contribution in [0.3, 0.4) is 0 Å². The second-order valence-electron chi connectivity index (χ2n) is 6.78. The minimum absolute atomic E-state index is 0.0142. The van der Waals surface area contributed by atoms with E-state index in [4.69, 9.17) is 4.74 Å². The molecule has 0 radical (unpaired) electrons. The molecule has 0 fully saturated rings. The Morgan fingerprint density at radius 2 is 1.75 bits per heavy atom. The van der Waals surface area contributed by atoms with Crippen molar-refractivity contribution in [3.63, 3.8) is 0 Å². The van der Waals surface area contributed by atoms with Gasteiger partial charge in [-0.2, -0.15) is 8.78 Å². The molecule has 12 heteroatoms. The smallest absolute Gasteiger partial charge is 0.387 e. The maximum absolute atomic E-state index is 12.2. The van der Waals surface area contributed by atoms with Gasteiger partial charge in [0.05, 0.1) is 17.5 Å². The van der Waals surface area contributed by atoms with Gasteiger partial charge in [-0.1, -0.05) is 0 Å². The van der Waals surface area contributed by atoms with Gasteiger partial charge in [0.1, 0.15) is 5.75 Å². The molecule has 0 unspecified atom stereocenters. The lowest BCUT2D eigenvalue weighted by atomic mass is 10.1. The average molecular weight is 468 g/mol. The van der Waals surface area contributed by atoms with E-state index in [1.807, 2.05) is 5.32 Å². The van der Waals surface area contributed by atoms with E-state index >= 15 is 0 Å². The summed E-state index contributed by atoms with van der Waals surface area (Å²) in [7, 11) is -3.42. The molecule has 0 atom stereocenters. The number of sulfonamides is 1. The van der Waals surface area contributed by atoms with Crippen molar-refractivity contribution in [1.29, 1.82) is 0 Å². The number of imide groups is 1. The molecule has 2 aromatic carbocycles. The summed E-state index contributed by atoms with van der Waals surface area (Å²) in [5.74, 6) is -2.67. The summed E-state index contributed by atoms with van der Waals surface area (Å²) < 4.78 is 58.1. The van der Waals surface area contributed by atoms with Crippen molar-refractivity contribution in [2.45, 2.75) is 13.0 Å². The van der Waals surface area contributed by atoms with E-state index in [2.05, 4.69) is 4.74 Å². The molecule has 0 spiro atoms.